The van der Waals surface area contributed by atoms with Crippen LogP contribution >= 0.6 is 34.6 Å². The van der Waals surface area contributed by atoms with Gasteiger partial charge in [0.1, 0.15) is 22.8 Å². The molecule has 194 valence electrons. The minimum atomic E-state index is -1.01. The van der Waals surface area contributed by atoms with Crippen molar-refractivity contribution in [2.75, 3.05) is 18.3 Å². The molecule has 2 aromatic heterocycles. The number of esters is 2. The van der Waals surface area contributed by atoms with E-state index in [9.17, 15) is 24.4 Å². The average Bonchev–Trinajstić information content (AvgIpc) is 3.48. The monoisotopic (exact) mass is 565 g/mol. The second-order valence-electron chi connectivity index (χ2n) is 7.50. The molecule has 2 atom stereocenters. The van der Waals surface area contributed by atoms with Crippen molar-refractivity contribution in [1.29, 1.82) is 0 Å². The summed E-state index contributed by atoms with van der Waals surface area (Å²) in [6, 6.07) is -1.01. The van der Waals surface area contributed by atoms with Gasteiger partial charge in [0, 0.05) is 18.1 Å². The molecule has 4 rings (SSSR count). The molecule has 0 bridgehead atoms. The fourth-order valence-electron chi connectivity index (χ4n) is 3.38. The number of amides is 2. The molecule has 4 N–H and O–H groups in total. The van der Waals surface area contributed by atoms with Crippen LogP contribution in [0.5, 0.6) is 0 Å². The third-order valence-corrected chi connectivity index (χ3v) is 7.90. The third-order valence-electron chi connectivity index (χ3n) is 5.13. The van der Waals surface area contributed by atoms with Gasteiger partial charge in [0.25, 0.3) is 11.8 Å². The fraction of sp³-hybridized carbons (Fsp3) is 0.300. The van der Waals surface area contributed by atoms with E-state index in [2.05, 4.69) is 29.8 Å². The van der Waals surface area contributed by atoms with E-state index in [1.165, 1.54) is 33.6 Å². The minimum absolute atomic E-state index is 0.0406. The molecule has 4 heterocycles. The second-order valence-corrected chi connectivity index (χ2v) is 10.3. The van der Waals surface area contributed by atoms with Crippen LogP contribution in [0.25, 0.3) is 6.08 Å². The van der Waals surface area contributed by atoms with E-state index in [1.807, 2.05) is 0 Å². The predicted molar refractivity (Wildman–Crippen MR) is 133 cm³/mol. The van der Waals surface area contributed by atoms with Gasteiger partial charge in [-0.3, -0.25) is 19.3 Å². The van der Waals surface area contributed by atoms with Gasteiger partial charge in [-0.05, 0) is 30.1 Å². The maximum atomic E-state index is 13.1. The molecule has 2 amide bonds. The zero-order chi connectivity index (χ0) is 26.7. The Hall–Kier alpha value is -3.83. The summed E-state index contributed by atoms with van der Waals surface area (Å²) in [5, 5.41) is 19.7. The highest BCUT2D eigenvalue weighted by Gasteiger charge is 2.54. The number of nitrogens with one attached hydrogen (secondary N) is 1. The van der Waals surface area contributed by atoms with Gasteiger partial charge in [0.2, 0.25) is 6.79 Å². The van der Waals surface area contributed by atoms with E-state index < -0.39 is 47.7 Å². The van der Waals surface area contributed by atoms with E-state index >= 15 is 0 Å². The van der Waals surface area contributed by atoms with Crippen molar-refractivity contribution in [3.05, 3.63) is 39.0 Å². The van der Waals surface area contributed by atoms with Crippen molar-refractivity contribution in [2.45, 2.75) is 25.3 Å². The molecule has 1 fully saturated rings. The molecule has 1 unspecified atom stereocenters. The number of ether oxygens (including phenoxy) is 2. The lowest BCUT2D eigenvalue weighted by Crippen LogP contribution is -2.71. The number of carbonyl (C=O) groups excluding carboxylic acids is 4. The summed E-state index contributed by atoms with van der Waals surface area (Å²) in [4.78, 5) is 55.7. The van der Waals surface area contributed by atoms with Gasteiger partial charge in [0.15, 0.2) is 10.8 Å². The van der Waals surface area contributed by atoms with Crippen molar-refractivity contribution in [3.8, 4) is 0 Å². The highest BCUT2D eigenvalue weighted by Crippen LogP contribution is 2.41. The van der Waals surface area contributed by atoms with Crippen molar-refractivity contribution in [2.24, 2.45) is 5.16 Å². The smallest absolute Gasteiger partial charge is 0.358 e. The first kappa shape index (κ1) is 26.2. The van der Waals surface area contributed by atoms with Gasteiger partial charge in [-0.25, -0.2) is 9.78 Å². The maximum Gasteiger partial charge on any atom is 0.358 e. The van der Waals surface area contributed by atoms with Gasteiger partial charge in [-0.1, -0.05) is 15.7 Å². The van der Waals surface area contributed by atoms with Gasteiger partial charge in [0.05, 0.1) is 10.6 Å². The van der Waals surface area contributed by atoms with Crippen LogP contribution in [-0.2, 0) is 28.7 Å². The molecule has 2 aromatic rings. The van der Waals surface area contributed by atoms with Crippen LogP contribution in [0.3, 0.4) is 0 Å². The molecular formula is C20H19N7O7S3. The summed E-state index contributed by atoms with van der Waals surface area (Å²) in [6.07, 6.45) is 3.39. The highest BCUT2D eigenvalue weighted by molar-refractivity contribution is 8.00. The predicted octanol–water partition coefficient (Wildman–Crippen LogP) is 0.495. The van der Waals surface area contributed by atoms with Crippen LogP contribution in [0.2, 0.25) is 0 Å². The zero-order valence-corrected chi connectivity index (χ0v) is 21.7. The Morgan fingerprint density at radius 2 is 2.14 bits per heavy atom. The molecule has 0 radical (unpaired) electrons. The van der Waals surface area contributed by atoms with Gasteiger partial charge in [-0.15, -0.1) is 28.2 Å². The SMILES string of the molecule is CC(=O)OCOC(=O)C1=C(/C=C\c2snnc2C)CS[C@@H]2C(NC(=O)/C(=N\O)c3csc(N)n3)C(=O)N12. The van der Waals surface area contributed by atoms with E-state index in [1.54, 1.807) is 19.1 Å². The number of nitrogens with two attached hydrogens (primary N) is 1. The number of allylic oxidation sites excluding steroid dienone is 1. The summed E-state index contributed by atoms with van der Waals surface area (Å²) >= 11 is 3.53. The molecule has 2 aliphatic rings. The third kappa shape index (κ3) is 5.47. The number of anilines is 1. The molecule has 17 heteroatoms. The molecule has 2 aliphatic heterocycles. The van der Waals surface area contributed by atoms with Gasteiger partial charge in [-0.2, -0.15) is 0 Å². The molecule has 0 spiro atoms. The maximum absolute atomic E-state index is 13.1. The van der Waals surface area contributed by atoms with Crippen LogP contribution in [0.4, 0.5) is 5.13 Å². The Bertz CT molecular complexity index is 1350. The minimum Gasteiger partial charge on any atom is -0.428 e. The number of nitrogens with zero attached hydrogens (tertiary/aromatic N) is 5. The first-order chi connectivity index (χ1) is 17.7. The average molecular weight is 566 g/mol. The first-order valence-corrected chi connectivity index (χ1v) is 13.1. The number of nitrogen functional groups attached to an aromatic ring is 1. The van der Waals surface area contributed by atoms with Gasteiger partial charge < -0.3 is 25.7 Å². The Morgan fingerprint density at radius 1 is 1.35 bits per heavy atom. The summed E-state index contributed by atoms with van der Waals surface area (Å²) in [5.74, 6) is -2.64. The van der Waals surface area contributed by atoms with Gasteiger partial charge >= 0.3 is 11.9 Å². The van der Waals surface area contributed by atoms with E-state index in [0.29, 0.717) is 17.0 Å². The molecule has 1 saturated heterocycles. The standard InChI is InChI=1S/C20H19N7O7S3/c1-8-12(37-26-24-8)4-3-10-5-35-18-14(23-16(29)13(25-32)11-6-36-20(21)22-11)17(30)27(18)15(10)19(31)34-7-33-9(2)28/h3-4,6,14,18,32H,5,7H2,1-2H3,(H2,21,22)(H,23,29)/b4-3-,25-13-/t14?,18-/m1/s1. The van der Waals surface area contributed by atoms with Crippen LogP contribution in [-0.4, -0.2) is 78.1 Å². The number of β-lactam (4-membered cyclic amide) rings is 1. The summed E-state index contributed by atoms with van der Waals surface area (Å²) < 4.78 is 13.6. The number of hydrogen-bond donors (Lipinski definition) is 3. The zero-order valence-electron chi connectivity index (χ0n) is 19.2. The van der Waals surface area contributed by atoms with E-state index in [0.717, 1.165) is 23.1 Å². The number of carbonyl (C=O) groups is 4. The quantitative estimate of drug-likeness (QED) is 0.100. The summed E-state index contributed by atoms with van der Waals surface area (Å²) in [7, 11) is 0. The van der Waals surface area contributed by atoms with Crippen molar-refractivity contribution >= 4 is 75.3 Å². The second kappa shape index (κ2) is 11.1. The molecule has 0 aliphatic carbocycles. The Morgan fingerprint density at radius 3 is 2.76 bits per heavy atom. The van der Waals surface area contributed by atoms with E-state index in [-0.39, 0.29) is 16.5 Å². The number of aromatic nitrogens is 3. The lowest BCUT2D eigenvalue weighted by Gasteiger charge is -2.49. The molecule has 0 saturated carbocycles. The normalized spacial score (nSPS) is 19.5. The molecule has 37 heavy (non-hydrogen) atoms. The number of rotatable bonds is 8. The number of thiazole rings is 1. The number of thioether (sulfide) groups is 1. The summed E-state index contributed by atoms with van der Waals surface area (Å²) in [6.45, 7) is 2.32. The molecular weight excluding hydrogens is 546 g/mol. The van der Waals surface area contributed by atoms with Crippen LogP contribution in [0, 0.1) is 6.92 Å². The van der Waals surface area contributed by atoms with Crippen molar-refractivity contribution < 1.29 is 33.9 Å². The number of aryl methyl sites for hydroxylation is 1. The first-order valence-electron chi connectivity index (χ1n) is 10.4. The largest absolute Gasteiger partial charge is 0.428 e. The Kier molecular flexibility index (Phi) is 7.84. The topological polar surface area (TPSA) is 199 Å². The van der Waals surface area contributed by atoms with Crippen molar-refractivity contribution in [1.82, 2.24) is 24.8 Å². The number of hydrogen-bond acceptors (Lipinski definition) is 15. The highest BCUT2D eigenvalue weighted by atomic mass is 32.2. The number of fused-ring (bicyclic) bond motifs is 1. The lowest BCUT2D eigenvalue weighted by molar-refractivity contribution is -0.166. The lowest BCUT2D eigenvalue weighted by atomic mass is 10.0. The van der Waals surface area contributed by atoms with Crippen LogP contribution < -0.4 is 11.1 Å². The molecule has 0 aromatic carbocycles. The fourth-order valence-corrected chi connectivity index (χ4v) is 5.80. The summed E-state index contributed by atoms with van der Waals surface area (Å²) in [5.41, 5.74) is 6.37. The van der Waals surface area contributed by atoms with Crippen LogP contribution in [0.1, 0.15) is 23.2 Å². The molecule has 14 nitrogen and oxygen atoms in total. The van der Waals surface area contributed by atoms with Crippen LogP contribution in [0.15, 0.2) is 27.9 Å². The Balaban J connectivity index is 1.56. The number of oxime groups is 1. The van der Waals surface area contributed by atoms with E-state index in [4.69, 9.17) is 10.5 Å². The van der Waals surface area contributed by atoms with Crippen molar-refractivity contribution in [3.63, 3.8) is 0 Å². The Labute approximate surface area is 221 Å².